The maximum absolute atomic E-state index is 13.4. The molecule has 0 aliphatic rings. The first-order chi connectivity index (χ1) is 25.6. The molecular weight excluding hydrogens is 699 g/mol. The Hall–Kier alpha value is -7.45. The molecule has 0 aliphatic heterocycles. The molecule has 0 aliphatic carbocycles. The van der Waals surface area contributed by atoms with Crippen LogP contribution in [0.4, 0.5) is 17.2 Å². The molecule has 260 valence electrons. The fourth-order valence-electron chi connectivity index (χ4n) is 5.83. The van der Waals surface area contributed by atoms with Crippen LogP contribution in [0.2, 0.25) is 0 Å². The quantitative estimate of drug-likeness (QED) is 0.169. The van der Waals surface area contributed by atoms with Crippen LogP contribution >= 0.6 is 11.3 Å². The number of carbonyl (C=O) groups is 1. The number of nitriles is 1. The van der Waals surface area contributed by atoms with Crippen molar-refractivity contribution in [3.63, 3.8) is 0 Å². The van der Waals surface area contributed by atoms with Gasteiger partial charge in [-0.05, 0) is 60.0 Å². The number of thiazole rings is 1. The van der Waals surface area contributed by atoms with Crippen molar-refractivity contribution >= 4 is 66.6 Å². The van der Waals surface area contributed by atoms with Gasteiger partial charge in [-0.1, -0.05) is 18.2 Å². The maximum atomic E-state index is 13.4. The highest BCUT2D eigenvalue weighted by Crippen LogP contribution is 2.46. The Bertz CT molecular complexity index is 2950. The number of hydrogen-bond acceptors (Lipinski definition) is 12. The number of carbonyl (C=O) groups excluding carboxylic acids is 1. The largest absolute Gasteiger partial charge is 0.505 e. The maximum Gasteiger partial charge on any atom is 0.332 e. The van der Waals surface area contributed by atoms with Gasteiger partial charge in [0.1, 0.15) is 33.7 Å². The zero-order valence-corrected chi connectivity index (χ0v) is 28.8. The summed E-state index contributed by atoms with van der Waals surface area (Å²) < 4.78 is 9.44. The zero-order valence-electron chi connectivity index (χ0n) is 28.0. The van der Waals surface area contributed by atoms with E-state index in [0.29, 0.717) is 38.3 Å². The number of methoxy groups -OCH3 is 1. The lowest BCUT2D eigenvalue weighted by Gasteiger charge is -2.11. The highest BCUT2D eigenvalue weighted by molar-refractivity contribution is 7.21. The van der Waals surface area contributed by atoms with Crippen molar-refractivity contribution in [2.75, 3.05) is 12.4 Å². The average Bonchev–Trinajstić information content (AvgIpc) is 3.93. The van der Waals surface area contributed by atoms with Crippen LogP contribution in [0.1, 0.15) is 15.9 Å². The number of imidazole rings is 1. The fourth-order valence-corrected chi connectivity index (χ4v) is 6.81. The Balaban J connectivity index is 1.26. The predicted octanol–water partition coefficient (Wildman–Crippen LogP) is 5.83. The lowest BCUT2D eigenvalue weighted by Crippen LogP contribution is -2.36. The van der Waals surface area contributed by atoms with Gasteiger partial charge in [-0.15, -0.1) is 21.6 Å². The number of benzene rings is 4. The van der Waals surface area contributed by atoms with Gasteiger partial charge < -0.3 is 20.1 Å². The summed E-state index contributed by atoms with van der Waals surface area (Å²) in [5.74, 6) is -0.0173. The van der Waals surface area contributed by atoms with E-state index in [1.54, 1.807) is 55.6 Å². The number of para-hydroxylation sites is 1. The molecule has 0 saturated heterocycles. The first-order valence-electron chi connectivity index (χ1n) is 15.8. The highest BCUT2D eigenvalue weighted by atomic mass is 32.1. The summed E-state index contributed by atoms with van der Waals surface area (Å²) in [5.41, 5.74) is 0.983. The first kappa shape index (κ1) is 32.7. The van der Waals surface area contributed by atoms with E-state index in [2.05, 4.69) is 30.6 Å². The SMILES string of the molecule is COc1ccc(NC(=O)c2ccc3c(/N=N/c4c(C#N)cnn4-c4nc5c(=O)n(C)c(=O)n(C)c5[nH]4)c(O)c(-c4nc5ccccc5s4)cc3c2)cc1. The van der Waals surface area contributed by atoms with Gasteiger partial charge in [-0.2, -0.15) is 15.0 Å². The second-order valence-electron chi connectivity index (χ2n) is 11.8. The third kappa shape index (κ3) is 5.55. The average molecular weight is 724 g/mol. The molecule has 0 saturated carbocycles. The van der Waals surface area contributed by atoms with Crippen LogP contribution in [-0.4, -0.2) is 52.0 Å². The number of ether oxygens (including phenoxy) is 1. The van der Waals surface area contributed by atoms with Crippen molar-refractivity contribution in [2.45, 2.75) is 0 Å². The number of aromatic nitrogens is 7. The molecule has 0 fully saturated rings. The predicted molar refractivity (Wildman–Crippen MR) is 198 cm³/mol. The van der Waals surface area contributed by atoms with Crippen LogP contribution in [-0.2, 0) is 14.1 Å². The van der Waals surface area contributed by atoms with Gasteiger partial charge in [-0.3, -0.25) is 18.7 Å². The van der Waals surface area contributed by atoms with Gasteiger partial charge in [0.25, 0.3) is 11.5 Å². The van der Waals surface area contributed by atoms with E-state index in [-0.39, 0.29) is 45.8 Å². The molecule has 3 N–H and O–H groups in total. The van der Waals surface area contributed by atoms with Crippen molar-refractivity contribution in [3.05, 3.63) is 111 Å². The number of amides is 1. The topological polar surface area (TPSA) is 210 Å². The Morgan fingerprint density at radius 1 is 1.02 bits per heavy atom. The van der Waals surface area contributed by atoms with Gasteiger partial charge in [0.15, 0.2) is 17.1 Å². The van der Waals surface area contributed by atoms with Crippen molar-refractivity contribution in [1.82, 2.24) is 33.9 Å². The number of nitrogens with one attached hydrogen (secondary N) is 2. The number of hydrogen-bond donors (Lipinski definition) is 3. The Morgan fingerprint density at radius 2 is 1.81 bits per heavy atom. The zero-order chi connectivity index (χ0) is 37.0. The first-order valence-corrected chi connectivity index (χ1v) is 16.6. The number of phenolic OH excluding ortho intramolecular Hbond substituents is 1. The molecule has 53 heavy (non-hydrogen) atoms. The molecule has 8 rings (SSSR count). The lowest BCUT2D eigenvalue weighted by molar-refractivity contribution is 0.102. The summed E-state index contributed by atoms with van der Waals surface area (Å²) in [4.78, 5) is 50.7. The van der Waals surface area contributed by atoms with Crippen LogP contribution in [0.25, 0.3) is 48.7 Å². The molecule has 0 radical (unpaired) electrons. The summed E-state index contributed by atoms with van der Waals surface area (Å²) in [6.45, 7) is 0. The smallest absolute Gasteiger partial charge is 0.332 e. The molecule has 1 amide bonds. The molecule has 8 aromatic rings. The Labute approximate surface area is 301 Å². The van der Waals surface area contributed by atoms with E-state index in [4.69, 9.17) is 9.72 Å². The van der Waals surface area contributed by atoms with Gasteiger partial charge >= 0.3 is 5.69 Å². The molecule has 17 heteroatoms. The van der Waals surface area contributed by atoms with Crippen LogP contribution in [0.3, 0.4) is 0 Å². The number of anilines is 1. The number of fused-ring (bicyclic) bond motifs is 3. The second kappa shape index (κ2) is 12.7. The number of aryl methyl sites for hydroxylation is 1. The summed E-state index contributed by atoms with van der Waals surface area (Å²) in [7, 11) is 4.39. The van der Waals surface area contributed by atoms with Crippen LogP contribution in [0.5, 0.6) is 11.5 Å². The monoisotopic (exact) mass is 723 g/mol. The van der Waals surface area contributed by atoms with Crippen LogP contribution in [0.15, 0.2) is 98.8 Å². The van der Waals surface area contributed by atoms with Crippen molar-refractivity contribution in [3.8, 4) is 34.1 Å². The summed E-state index contributed by atoms with van der Waals surface area (Å²) in [5, 5.41) is 39.2. The Kier molecular flexibility index (Phi) is 7.85. The molecule has 0 bridgehead atoms. The number of rotatable bonds is 7. The number of H-pyrrole nitrogens is 1. The van der Waals surface area contributed by atoms with Gasteiger partial charge in [0, 0.05) is 30.7 Å². The summed E-state index contributed by atoms with van der Waals surface area (Å²) in [6.07, 6.45) is 1.25. The number of aromatic amines is 1. The molecule has 16 nitrogen and oxygen atoms in total. The minimum absolute atomic E-state index is 0.00132. The van der Waals surface area contributed by atoms with Gasteiger partial charge in [-0.25, -0.2) is 14.8 Å². The van der Waals surface area contributed by atoms with E-state index in [0.717, 1.165) is 14.8 Å². The third-order valence-electron chi connectivity index (χ3n) is 8.62. The van der Waals surface area contributed by atoms with E-state index in [1.807, 2.05) is 30.3 Å². The molecule has 4 aromatic heterocycles. The molecule has 0 unspecified atom stereocenters. The Morgan fingerprint density at radius 3 is 2.57 bits per heavy atom. The molecular formula is C36H25N11O5S. The minimum Gasteiger partial charge on any atom is -0.505 e. The second-order valence-corrected chi connectivity index (χ2v) is 12.8. The van der Waals surface area contributed by atoms with Crippen molar-refractivity contribution in [2.24, 2.45) is 24.3 Å². The van der Waals surface area contributed by atoms with Gasteiger partial charge in [0.2, 0.25) is 5.95 Å². The fraction of sp³-hybridized carbons (Fsp3) is 0.0833. The number of azo groups is 1. The van der Waals surface area contributed by atoms with E-state index >= 15 is 0 Å². The van der Waals surface area contributed by atoms with Gasteiger partial charge in [0.05, 0.1) is 29.1 Å². The minimum atomic E-state index is -0.624. The van der Waals surface area contributed by atoms with Crippen molar-refractivity contribution in [1.29, 1.82) is 5.26 Å². The van der Waals surface area contributed by atoms with Crippen LogP contribution in [0, 0.1) is 11.3 Å². The standard InChI is InChI=1S/C36H25N11O5S/c1-45-31-28(34(50)46(2)36(45)51)41-35(42-31)47-30(20(16-37)17-38-47)44-43-27-23-13-8-18(32(49)39-21-9-11-22(52-3)12-10-21)14-19(23)15-24(29(27)48)33-40-25-6-4-5-7-26(25)53-33/h4-15,17,48H,1-3H3,(H,39,49)(H,41,42)/b44-43+. The summed E-state index contributed by atoms with van der Waals surface area (Å²) >= 11 is 1.37. The number of aromatic hydroxyl groups is 1. The number of nitrogens with zero attached hydrogens (tertiary/aromatic N) is 9. The third-order valence-corrected chi connectivity index (χ3v) is 9.69. The molecule has 4 aromatic carbocycles. The van der Waals surface area contributed by atoms with Crippen molar-refractivity contribution < 1.29 is 14.6 Å². The van der Waals surface area contributed by atoms with Crippen LogP contribution < -0.4 is 21.3 Å². The lowest BCUT2D eigenvalue weighted by atomic mass is 10.0. The van der Waals surface area contributed by atoms with E-state index in [1.165, 1.54) is 40.9 Å². The molecule has 0 spiro atoms. The van der Waals surface area contributed by atoms with E-state index in [9.17, 15) is 24.8 Å². The number of phenols is 1. The highest BCUT2D eigenvalue weighted by Gasteiger charge is 2.22. The summed E-state index contributed by atoms with van der Waals surface area (Å²) in [6, 6.07) is 23.2. The normalized spacial score (nSPS) is 11.5. The molecule has 4 heterocycles. The molecule has 0 atom stereocenters. The van der Waals surface area contributed by atoms with E-state index < -0.39 is 11.2 Å².